The van der Waals surface area contributed by atoms with Crippen molar-refractivity contribution in [3.05, 3.63) is 165 Å². The van der Waals surface area contributed by atoms with Gasteiger partial charge in [-0.2, -0.15) is 5.26 Å². The Kier molecular flexibility index (Phi) is 34.9. The summed E-state index contributed by atoms with van der Waals surface area (Å²) in [7, 11) is 0. The van der Waals surface area contributed by atoms with E-state index in [4.69, 9.17) is 76.3 Å². The Morgan fingerprint density at radius 1 is 0.500 bits per heavy atom. The number of rotatable bonds is 27. The monoisotopic (exact) mass is 1480 g/mol. The summed E-state index contributed by atoms with van der Waals surface area (Å²) >= 11 is 24.1. The van der Waals surface area contributed by atoms with Gasteiger partial charge in [-0.05, 0) is 137 Å². The van der Waals surface area contributed by atoms with Gasteiger partial charge < -0.3 is 51.3 Å². The second-order valence-corrected chi connectivity index (χ2v) is 24.8. The van der Waals surface area contributed by atoms with E-state index in [-0.39, 0.29) is 35.9 Å². The maximum atomic E-state index is 12.2. The summed E-state index contributed by atoms with van der Waals surface area (Å²) in [5, 5.41) is 35.2. The van der Waals surface area contributed by atoms with Crippen molar-refractivity contribution in [3.8, 4) is 29.1 Å². The van der Waals surface area contributed by atoms with E-state index in [2.05, 4.69) is 122 Å². The van der Waals surface area contributed by atoms with Gasteiger partial charge in [-0.25, -0.2) is 49.1 Å². The van der Waals surface area contributed by atoms with Crippen LogP contribution in [-0.2, 0) is 0 Å². The van der Waals surface area contributed by atoms with E-state index in [1.54, 1.807) is 85.2 Å². The number of aryl methyl sites for hydroxylation is 2. The average molecular weight is 1480 g/mol. The minimum atomic E-state index is -0.698. The summed E-state index contributed by atoms with van der Waals surface area (Å²) in [5.74, 6) is 2.61. The van der Waals surface area contributed by atoms with Gasteiger partial charge >= 0.3 is 24.1 Å². The minimum absolute atomic E-state index is 0. The lowest BCUT2D eigenvalue weighted by atomic mass is 9.92. The molecule has 0 aliphatic heterocycles. The predicted octanol–water partition coefficient (Wildman–Crippen LogP) is 16.4. The van der Waals surface area contributed by atoms with Crippen LogP contribution < -0.4 is 72.5 Å². The fourth-order valence-corrected chi connectivity index (χ4v) is 8.76. The maximum Gasteiger partial charge on any atom is 0.325 e. The molecule has 0 bridgehead atoms. The Labute approximate surface area is 613 Å². The number of ether oxygens (including phenoxy) is 4. The molecule has 542 valence electrons. The third-order valence-corrected chi connectivity index (χ3v) is 15.1. The lowest BCUT2D eigenvalue weighted by molar-refractivity contribution is 0.0995. The molecule has 4 aromatic heterocycles. The van der Waals surface area contributed by atoms with Gasteiger partial charge in [-0.15, -0.1) is 0 Å². The van der Waals surface area contributed by atoms with Crippen LogP contribution in [0, 0.1) is 30.6 Å². The highest BCUT2D eigenvalue weighted by Gasteiger charge is 2.20. The number of hydrogen-bond acceptors (Lipinski definition) is 19. The number of halogens is 4. The van der Waals surface area contributed by atoms with Gasteiger partial charge in [-0.3, -0.25) is 36.0 Å². The molecule has 11 N–H and O–H groups in total. The van der Waals surface area contributed by atoms with Crippen LogP contribution in [0.2, 0.25) is 20.1 Å². The van der Waals surface area contributed by atoms with Gasteiger partial charge in [0.2, 0.25) is 0 Å². The first-order chi connectivity index (χ1) is 48.5. The van der Waals surface area contributed by atoms with Crippen LogP contribution in [-0.4, -0.2) is 109 Å². The predicted molar refractivity (Wildman–Crippen MR) is 400 cm³/mol. The van der Waals surface area contributed by atoms with E-state index >= 15 is 0 Å². The molecule has 1 aliphatic carbocycles. The number of primary amides is 1. The largest absolute Gasteiger partial charge is 0.491 e. The molecule has 4 aromatic carbocycles. The van der Waals surface area contributed by atoms with E-state index in [1.807, 2.05) is 19.9 Å². The molecule has 102 heavy (non-hydrogen) atoms. The topological polar surface area (TPSA) is 383 Å². The van der Waals surface area contributed by atoms with Crippen molar-refractivity contribution in [2.24, 2.45) is 11.1 Å². The summed E-state index contributed by atoms with van der Waals surface area (Å²) in [6, 6.07) is 20.8. The van der Waals surface area contributed by atoms with Crippen molar-refractivity contribution in [3.63, 3.8) is 0 Å². The lowest BCUT2D eigenvalue weighted by Gasteiger charge is -2.26. The third kappa shape index (κ3) is 30.2. The van der Waals surface area contributed by atoms with Crippen LogP contribution >= 0.6 is 46.4 Å². The Morgan fingerprint density at radius 2 is 0.863 bits per heavy atom. The quantitative estimate of drug-likeness (QED) is 0.0214. The summed E-state index contributed by atoms with van der Waals surface area (Å²) in [6.07, 6.45) is 20.7. The molecule has 1 aliphatic rings. The lowest BCUT2D eigenvalue weighted by Crippen LogP contribution is -2.36. The first-order valence-corrected chi connectivity index (χ1v) is 33.7. The molecule has 28 nitrogen and oxygen atoms in total. The highest BCUT2D eigenvalue weighted by Crippen LogP contribution is 2.33. The van der Waals surface area contributed by atoms with Crippen molar-refractivity contribution in [1.82, 2.24) is 45.2 Å². The summed E-state index contributed by atoms with van der Waals surface area (Å²) in [4.78, 5) is 91.4. The number of benzene rings is 4. The number of hydrogen-bond donors (Lipinski definition) is 10. The fourth-order valence-electron chi connectivity index (χ4n) is 8.07. The highest BCUT2D eigenvalue weighted by atomic mass is 35.5. The summed E-state index contributed by atoms with van der Waals surface area (Å²) in [5.41, 5.74) is 8.74. The molecule has 32 heteroatoms. The Hall–Kier alpha value is -10.4. The molecule has 0 saturated heterocycles. The van der Waals surface area contributed by atoms with E-state index in [9.17, 15) is 24.0 Å². The number of urea groups is 4. The number of nitrogens with one attached hydrogen (secondary N) is 9. The van der Waals surface area contributed by atoms with Crippen LogP contribution in [0.4, 0.5) is 65.2 Å². The van der Waals surface area contributed by atoms with Gasteiger partial charge in [-0.1, -0.05) is 108 Å². The zero-order valence-electron chi connectivity index (χ0n) is 56.8. The molecule has 9 amide bonds. The van der Waals surface area contributed by atoms with Crippen LogP contribution in [0.25, 0.3) is 0 Å². The Morgan fingerprint density at radius 3 is 1.17 bits per heavy atom. The number of unbranched alkanes of at least 4 members (excludes halogenated alkanes) is 2. The molecule has 1 fully saturated rings. The molecule has 9 rings (SSSR count). The van der Waals surface area contributed by atoms with Crippen molar-refractivity contribution < 1.29 is 42.9 Å². The van der Waals surface area contributed by atoms with Crippen molar-refractivity contribution in [1.29, 1.82) is 5.26 Å². The van der Waals surface area contributed by atoms with Crippen LogP contribution in [0.5, 0.6) is 23.0 Å². The van der Waals surface area contributed by atoms with Crippen LogP contribution in [0.15, 0.2) is 122 Å². The first-order valence-electron chi connectivity index (χ1n) is 32.2. The van der Waals surface area contributed by atoms with Gasteiger partial charge in [0.1, 0.15) is 34.8 Å². The minimum Gasteiger partial charge on any atom is -0.491 e. The molecular weight excluding hydrogens is 1390 g/mol. The van der Waals surface area contributed by atoms with Crippen LogP contribution in [0.1, 0.15) is 127 Å². The summed E-state index contributed by atoms with van der Waals surface area (Å²) < 4.78 is 23.0. The Balaban J connectivity index is 0.000000244. The number of nitrogens with zero attached hydrogens (tertiary/aromatic N) is 9. The highest BCUT2D eigenvalue weighted by molar-refractivity contribution is 6.32. The number of carbonyl (C=O) groups excluding carboxylic acids is 5. The van der Waals surface area contributed by atoms with Gasteiger partial charge in [0.25, 0.3) is 5.91 Å². The molecule has 0 atom stereocenters. The van der Waals surface area contributed by atoms with E-state index in [0.29, 0.717) is 110 Å². The SMILES string of the molecule is C.CCC(C)(C)COc1ccc(Cl)cc1NC(=O)Nc1cnc(C)cn1.CCCCOc1ccc(Cl)cc1NC(=O)Nc1cnc(C#N)cn1.CCCCOc1ccc(Cl)cc1NC(=O)Nc1cnc(C(N)=O)cn1.Cc1cnc(NC(=O)Nc2cc(Cl)ccc2OCCCNC2CCC2)cn1. The van der Waals surface area contributed by atoms with E-state index < -0.39 is 30.0 Å². The second kappa shape index (κ2) is 43.3. The van der Waals surface area contributed by atoms with Crippen molar-refractivity contribution >= 4 is 122 Å². The molecule has 1 saturated carbocycles. The zero-order valence-corrected chi connectivity index (χ0v) is 59.8. The van der Waals surface area contributed by atoms with E-state index in [0.717, 1.165) is 56.5 Å². The van der Waals surface area contributed by atoms with E-state index in [1.165, 1.54) is 56.4 Å². The number of nitriles is 1. The number of aromatic nitrogens is 8. The summed E-state index contributed by atoms with van der Waals surface area (Å²) in [6.45, 7) is 17.2. The fraction of sp³-hybridized carbons (Fsp3) is 0.343. The average Bonchev–Trinajstić information content (AvgIpc) is 0.912. The van der Waals surface area contributed by atoms with Gasteiger partial charge in [0.05, 0.1) is 110 Å². The smallest absolute Gasteiger partial charge is 0.325 e. The molecular formula is C70H85Cl4N19O9. The van der Waals surface area contributed by atoms with Crippen LogP contribution in [0.3, 0.4) is 0 Å². The standard InChI is InChI=1S/C19H24ClN5O2.C18H23ClN4O2.C16H18ClN5O3.C16H16ClN5O2.CH4/c1-13-11-23-18(12-22-13)25-19(26)24-16-10-14(20)6-7-17(16)27-9-3-8-21-15-4-2-5-15;1-5-18(3,4)11-25-15-7-6-13(19)8-14(15)22-17(24)23-16-10-20-12(2)9-21-16;1-2-3-6-25-13-5-4-10(17)7-11(13)21-16(24)22-14-9-19-12(8-20-14)15(18)23;1-2-3-6-24-14-5-4-11(17)7-13(14)21-16(23)22-15-10-19-12(8-18)9-20-15;/h6-7,10-12,15,21H,2-5,8-9H2,1H3,(H2,23,24,25,26);6-10H,5,11H2,1-4H3,(H2,21,22,23,24);4-5,7-9H,2-3,6H2,1H3,(H2,18,23)(H2,20,21,22,24);4-5,7,9-10H,2-3,6H2,1H3,(H2,20,21,22,23);1H4. The zero-order chi connectivity index (χ0) is 73.1. The van der Waals surface area contributed by atoms with Crippen molar-refractivity contribution in [2.45, 2.75) is 120 Å². The molecule has 0 spiro atoms. The number of amides is 9. The second-order valence-electron chi connectivity index (χ2n) is 23.0. The molecule has 0 radical (unpaired) electrons. The molecule has 0 unspecified atom stereocenters. The number of carbonyl (C=O) groups is 5. The third-order valence-electron chi connectivity index (χ3n) is 14.2. The number of anilines is 8. The normalized spacial score (nSPS) is 11.2. The van der Waals surface area contributed by atoms with Crippen molar-refractivity contribution in [2.75, 3.05) is 75.5 Å². The van der Waals surface area contributed by atoms with Gasteiger partial charge in [0, 0.05) is 26.1 Å². The maximum absolute atomic E-state index is 12.2. The number of nitrogens with two attached hydrogens (primary N) is 1. The van der Waals surface area contributed by atoms with Gasteiger partial charge in [0.15, 0.2) is 29.0 Å². The Bertz CT molecular complexity index is 4030. The first kappa shape index (κ1) is 82.2. The molecule has 4 heterocycles. The molecule has 8 aromatic rings.